The fraction of sp³-hybridized carbons (Fsp3) is 0.375. The lowest BCUT2D eigenvalue weighted by Crippen LogP contribution is -2.27. The molecular formula is C16H21NO4S2. The van der Waals surface area contributed by atoms with Crippen LogP contribution in [0, 0.1) is 0 Å². The number of thiophene rings is 1. The summed E-state index contributed by atoms with van der Waals surface area (Å²) in [6.07, 6.45) is 0. The highest BCUT2D eigenvalue weighted by Crippen LogP contribution is 2.30. The zero-order chi connectivity index (χ0) is 16.7. The van der Waals surface area contributed by atoms with Gasteiger partial charge in [0, 0.05) is 10.9 Å². The Bertz CT molecular complexity index is 587. The average Bonchev–Trinajstić information content (AvgIpc) is 3.03. The standard InChI is InChI=1S/C16H21NO4S2/c1-16(18,14-7-8-15(22-14)23(17)19)12-21-10-9-20-11-13-5-3-2-4-6-13/h2-8,18H,9-12,17H2,1H3. The number of hydrogen-bond acceptors (Lipinski definition) is 6. The van der Waals surface area contributed by atoms with Crippen molar-refractivity contribution in [2.45, 2.75) is 23.3 Å². The summed E-state index contributed by atoms with van der Waals surface area (Å²) >= 11 is -0.298. The molecule has 23 heavy (non-hydrogen) atoms. The summed E-state index contributed by atoms with van der Waals surface area (Å²) in [7, 11) is 0. The smallest absolute Gasteiger partial charge is 0.227 e. The Balaban J connectivity index is 1.68. The first-order chi connectivity index (χ1) is 11.0. The van der Waals surface area contributed by atoms with Crippen molar-refractivity contribution in [3.05, 3.63) is 52.9 Å². The molecule has 126 valence electrons. The highest BCUT2D eigenvalue weighted by Gasteiger charge is 2.27. The van der Waals surface area contributed by atoms with Crippen molar-refractivity contribution < 1.29 is 19.1 Å². The Morgan fingerprint density at radius 2 is 1.87 bits per heavy atom. The molecule has 0 spiro atoms. The SMILES string of the molecule is CC(O)(COCCOCc1ccccc1)c1ccc([S+](N)[O-])s1. The van der Waals surface area contributed by atoms with E-state index in [9.17, 15) is 9.66 Å². The average molecular weight is 355 g/mol. The first-order valence-corrected chi connectivity index (χ1v) is 9.20. The second kappa shape index (κ2) is 8.79. The third-order valence-corrected chi connectivity index (χ3v) is 5.59. The summed E-state index contributed by atoms with van der Waals surface area (Å²) in [6, 6.07) is 13.3. The molecule has 1 aromatic carbocycles. The van der Waals surface area contributed by atoms with Gasteiger partial charge in [-0.05, 0) is 18.6 Å². The van der Waals surface area contributed by atoms with E-state index < -0.39 is 17.0 Å². The molecule has 0 aliphatic rings. The number of rotatable bonds is 9. The van der Waals surface area contributed by atoms with Crippen LogP contribution in [0.4, 0.5) is 0 Å². The Kier molecular flexibility index (Phi) is 7.04. The Hall–Kier alpha value is -0.930. The van der Waals surface area contributed by atoms with Crippen LogP contribution in [-0.4, -0.2) is 29.5 Å². The van der Waals surface area contributed by atoms with Crippen molar-refractivity contribution in [1.82, 2.24) is 0 Å². The summed E-state index contributed by atoms with van der Waals surface area (Å²) in [5.74, 6) is 0. The van der Waals surface area contributed by atoms with Crippen molar-refractivity contribution in [2.75, 3.05) is 19.8 Å². The Labute approximate surface area is 143 Å². The number of ether oxygens (including phenoxy) is 2. The minimum absolute atomic E-state index is 0.138. The van der Waals surface area contributed by atoms with Crippen molar-refractivity contribution >= 4 is 22.7 Å². The predicted octanol–water partition coefficient (Wildman–Crippen LogP) is 2.17. The maximum absolute atomic E-state index is 11.2. The van der Waals surface area contributed by atoms with Crippen LogP contribution in [0.1, 0.15) is 17.4 Å². The molecule has 0 amide bonds. The predicted molar refractivity (Wildman–Crippen MR) is 91.4 cm³/mol. The molecular weight excluding hydrogens is 334 g/mol. The fourth-order valence-corrected chi connectivity index (χ4v) is 3.51. The molecule has 5 nitrogen and oxygen atoms in total. The number of aliphatic hydroxyl groups is 1. The molecule has 0 bridgehead atoms. The van der Waals surface area contributed by atoms with Crippen molar-refractivity contribution in [2.24, 2.45) is 5.14 Å². The molecule has 3 N–H and O–H groups in total. The molecule has 0 aliphatic carbocycles. The summed E-state index contributed by atoms with van der Waals surface area (Å²) in [5, 5.41) is 15.7. The van der Waals surface area contributed by atoms with Crippen LogP contribution in [0.25, 0.3) is 0 Å². The molecule has 7 heteroatoms. The fourth-order valence-electron chi connectivity index (χ4n) is 1.94. The zero-order valence-electron chi connectivity index (χ0n) is 12.9. The molecule has 0 radical (unpaired) electrons. The lowest BCUT2D eigenvalue weighted by Gasteiger charge is -2.21. The first-order valence-electron chi connectivity index (χ1n) is 7.17. The summed E-state index contributed by atoms with van der Waals surface area (Å²) in [6.45, 7) is 3.18. The largest absolute Gasteiger partial charge is 0.592 e. The minimum Gasteiger partial charge on any atom is -0.592 e. The molecule has 2 unspecified atom stereocenters. The lowest BCUT2D eigenvalue weighted by atomic mass is 10.1. The van der Waals surface area contributed by atoms with Gasteiger partial charge in [-0.2, -0.15) is 0 Å². The molecule has 1 aromatic heterocycles. The van der Waals surface area contributed by atoms with Gasteiger partial charge in [-0.15, -0.1) is 5.14 Å². The summed E-state index contributed by atoms with van der Waals surface area (Å²) < 4.78 is 22.7. The quantitative estimate of drug-likeness (QED) is 0.532. The van der Waals surface area contributed by atoms with Gasteiger partial charge in [0.15, 0.2) is 0 Å². The number of benzene rings is 1. The summed E-state index contributed by atoms with van der Waals surface area (Å²) in [5.41, 5.74) is -0.0257. The van der Waals surface area contributed by atoms with Crippen molar-refractivity contribution in [1.29, 1.82) is 0 Å². The maximum Gasteiger partial charge on any atom is 0.227 e. The maximum atomic E-state index is 11.2. The summed E-state index contributed by atoms with van der Waals surface area (Å²) in [4.78, 5) is 0.677. The molecule has 0 saturated carbocycles. The van der Waals surface area contributed by atoms with Gasteiger partial charge in [0.05, 0.1) is 37.8 Å². The van der Waals surface area contributed by atoms with Crippen LogP contribution in [0.5, 0.6) is 0 Å². The van der Waals surface area contributed by atoms with E-state index in [4.69, 9.17) is 14.6 Å². The van der Waals surface area contributed by atoms with E-state index in [1.54, 1.807) is 19.1 Å². The van der Waals surface area contributed by atoms with E-state index >= 15 is 0 Å². The van der Waals surface area contributed by atoms with E-state index in [-0.39, 0.29) is 6.61 Å². The van der Waals surface area contributed by atoms with Crippen LogP contribution < -0.4 is 5.14 Å². The second-order valence-corrected chi connectivity index (χ2v) is 7.66. The molecule has 0 saturated heterocycles. The Morgan fingerprint density at radius 1 is 1.17 bits per heavy atom. The highest BCUT2D eigenvalue weighted by atomic mass is 32.2. The Morgan fingerprint density at radius 3 is 2.52 bits per heavy atom. The van der Waals surface area contributed by atoms with Gasteiger partial charge in [-0.1, -0.05) is 41.7 Å². The first kappa shape index (κ1) is 18.4. The molecule has 0 fully saturated rings. The van der Waals surface area contributed by atoms with Crippen LogP contribution in [0.2, 0.25) is 0 Å². The van der Waals surface area contributed by atoms with Crippen molar-refractivity contribution in [3.8, 4) is 0 Å². The molecule has 1 heterocycles. The molecule has 2 rings (SSSR count). The lowest BCUT2D eigenvalue weighted by molar-refractivity contribution is -0.0508. The van der Waals surface area contributed by atoms with Gasteiger partial charge in [0.1, 0.15) is 5.60 Å². The minimum atomic E-state index is -1.52. The van der Waals surface area contributed by atoms with Gasteiger partial charge in [0.25, 0.3) is 0 Å². The van der Waals surface area contributed by atoms with E-state index in [0.29, 0.717) is 28.9 Å². The second-order valence-electron chi connectivity index (χ2n) is 5.28. The monoisotopic (exact) mass is 355 g/mol. The highest BCUT2D eigenvalue weighted by molar-refractivity contribution is 7.91. The van der Waals surface area contributed by atoms with E-state index in [0.717, 1.165) is 5.56 Å². The van der Waals surface area contributed by atoms with E-state index in [1.807, 2.05) is 30.3 Å². The van der Waals surface area contributed by atoms with Gasteiger partial charge < -0.3 is 19.1 Å². The van der Waals surface area contributed by atoms with E-state index in [2.05, 4.69) is 0 Å². The normalized spacial score (nSPS) is 15.3. The molecule has 0 aliphatic heterocycles. The molecule has 2 atom stereocenters. The topological polar surface area (TPSA) is 87.8 Å². The van der Waals surface area contributed by atoms with Crippen molar-refractivity contribution in [3.63, 3.8) is 0 Å². The third-order valence-electron chi connectivity index (χ3n) is 3.18. The van der Waals surface area contributed by atoms with Gasteiger partial charge in [-0.25, -0.2) is 0 Å². The zero-order valence-corrected chi connectivity index (χ0v) is 14.6. The number of nitrogens with two attached hydrogens (primary N) is 1. The van der Waals surface area contributed by atoms with Crippen LogP contribution in [0.15, 0.2) is 46.7 Å². The van der Waals surface area contributed by atoms with Crippen LogP contribution in [-0.2, 0) is 33.0 Å². The van der Waals surface area contributed by atoms with Crippen LogP contribution in [0.3, 0.4) is 0 Å². The third kappa shape index (κ3) is 5.89. The van der Waals surface area contributed by atoms with Gasteiger partial charge in [-0.3, -0.25) is 0 Å². The van der Waals surface area contributed by atoms with E-state index in [1.165, 1.54) is 11.3 Å². The van der Waals surface area contributed by atoms with Crippen LogP contribution >= 0.6 is 11.3 Å². The molecule has 2 aromatic rings. The number of hydrogen-bond donors (Lipinski definition) is 2. The van der Waals surface area contributed by atoms with Gasteiger partial charge >= 0.3 is 0 Å². The van der Waals surface area contributed by atoms with Gasteiger partial charge in [0.2, 0.25) is 4.21 Å².